The van der Waals surface area contributed by atoms with Gasteiger partial charge in [-0.15, -0.1) is 0 Å². The third-order valence-corrected chi connectivity index (χ3v) is 3.93. The number of furan rings is 1. The van der Waals surface area contributed by atoms with E-state index < -0.39 is 0 Å². The first-order valence-corrected chi connectivity index (χ1v) is 7.77. The molecule has 0 saturated carbocycles. The van der Waals surface area contributed by atoms with E-state index in [1.54, 1.807) is 12.1 Å². The van der Waals surface area contributed by atoms with E-state index in [2.05, 4.69) is 15.3 Å². The van der Waals surface area contributed by atoms with Crippen molar-refractivity contribution in [1.82, 2.24) is 15.3 Å². The average molecular weight is 346 g/mol. The Morgan fingerprint density at radius 3 is 2.75 bits per heavy atom. The van der Waals surface area contributed by atoms with Crippen LogP contribution in [0.1, 0.15) is 16.9 Å². The molecule has 0 aliphatic carbocycles. The van der Waals surface area contributed by atoms with Gasteiger partial charge in [0, 0.05) is 17.1 Å². The molecular formula is C17H16ClN3O3. The minimum absolute atomic E-state index is 0.136. The Hall–Kier alpha value is -2.60. The molecule has 124 valence electrons. The Kier molecular flexibility index (Phi) is 4.66. The Balaban J connectivity index is 1.61. The number of halogens is 1. The van der Waals surface area contributed by atoms with Gasteiger partial charge >= 0.3 is 0 Å². The number of ether oxygens (including phenoxy) is 1. The summed E-state index contributed by atoms with van der Waals surface area (Å²) in [5, 5.41) is 4.14. The molecule has 0 fully saturated rings. The normalized spacial score (nSPS) is 10.8. The Morgan fingerprint density at radius 1 is 1.25 bits per heavy atom. The lowest BCUT2D eigenvalue weighted by Gasteiger charge is -2.07. The first-order chi connectivity index (χ1) is 11.5. The van der Waals surface area contributed by atoms with Crippen LogP contribution in [0.3, 0.4) is 0 Å². The number of fused-ring (bicyclic) bond motifs is 1. The van der Waals surface area contributed by atoms with Crippen LogP contribution in [0.25, 0.3) is 11.1 Å². The Labute approximate surface area is 143 Å². The summed E-state index contributed by atoms with van der Waals surface area (Å²) in [6, 6.07) is 7.27. The predicted octanol–water partition coefficient (Wildman–Crippen LogP) is 3.19. The number of carbonyl (C=O) groups is 1. The zero-order valence-corrected chi connectivity index (χ0v) is 14.1. The second kappa shape index (κ2) is 6.88. The molecule has 0 atom stereocenters. The highest BCUT2D eigenvalue weighted by molar-refractivity contribution is 6.30. The van der Waals surface area contributed by atoms with Crippen LogP contribution in [0.2, 0.25) is 5.02 Å². The SMILES string of the molecule is Cc1oc2ncnc(OCC(=O)NCc3ccc(Cl)cc3)c2c1C. The highest BCUT2D eigenvalue weighted by atomic mass is 35.5. The standard InChI is InChI=1S/C17H16ClN3O3/c1-10-11(2)24-17-15(10)16(20-9-21-17)23-8-14(22)19-7-12-3-5-13(18)6-4-12/h3-6,9H,7-8H2,1-2H3,(H,19,22). The van der Waals surface area contributed by atoms with Crippen molar-refractivity contribution < 1.29 is 13.9 Å². The maximum Gasteiger partial charge on any atom is 0.258 e. The minimum Gasteiger partial charge on any atom is -0.467 e. The average Bonchev–Trinajstić information content (AvgIpc) is 2.87. The monoisotopic (exact) mass is 345 g/mol. The molecule has 0 saturated heterocycles. The molecule has 0 spiro atoms. The smallest absolute Gasteiger partial charge is 0.258 e. The zero-order valence-electron chi connectivity index (χ0n) is 13.3. The fourth-order valence-corrected chi connectivity index (χ4v) is 2.37. The van der Waals surface area contributed by atoms with Gasteiger partial charge in [-0.25, -0.2) is 9.97 Å². The van der Waals surface area contributed by atoms with Gasteiger partial charge < -0.3 is 14.5 Å². The van der Waals surface area contributed by atoms with Gasteiger partial charge in [-0.1, -0.05) is 23.7 Å². The van der Waals surface area contributed by atoms with Crippen LogP contribution < -0.4 is 10.1 Å². The van der Waals surface area contributed by atoms with Crippen LogP contribution in [0.15, 0.2) is 35.0 Å². The van der Waals surface area contributed by atoms with Crippen molar-refractivity contribution in [2.24, 2.45) is 0 Å². The van der Waals surface area contributed by atoms with E-state index in [0.29, 0.717) is 28.5 Å². The van der Waals surface area contributed by atoms with E-state index >= 15 is 0 Å². The number of aryl methyl sites for hydroxylation is 2. The van der Waals surface area contributed by atoms with E-state index in [0.717, 1.165) is 16.9 Å². The minimum atomic E-state index is -0.241. The second-order valence-electron chi connectivity index (χ2n) is 5.33. The fraction of sp³-hybridized carbons (Fsp3) is 0.235. The van der Waals surface area contributed by atoms with Gasteiger partial charge in [0.2, 0.25) is 11.6 Å². The topological polar surface area (TPSA) is 77.2 Å². The molecule has 1 N–H and O–H groups in total. The first kappa shape index (κ1) is 16.3. The number of nitrogens with one attached hydrogen (secondary N) is 1. The third-order valence-electron chi connectivity index (χ3n) is 3.67. The number of amides is 1. The summed E-state index contributed by atoms with van der Waals surface area (Å²) in [5.41, 5.74) is 2.32. The largest absolute Gasteiger partial charge is 0.467 e. The summed E-state index contributed by atoms with van der Waals surface area (Å²) >= 11 is 5.83. The highest BCUT2D eigenvalue weighted by Crippen LogP contribution is 2.29. The van der Waals surface area contributed by atoms with E-state index in [4.69, 9.17) is 20.8 Å². The molecular weight excluding hydrogens is 330 g/mol. The maximum absolute atomic E-state index is 12.0. The van der Waals surface area contributed by atoms with Crippen molar-refractivity contribution in [2.45, 2.75) is 20.4 Å². The third kappa shape index (κ3) is 3.49. The number of rotatable bonds is 5. The zero-order chi connectivity index (χ0) is 17.1. The quantitative estimate of drug-likeness (QED) is 0.768. The molecule has 0 aliphatic rings. The van der Waals surface area contributed by atoms with Crippen LogP contribution >= 0.6 is 11.6 Å². The molecule has 6 nitrogen and oxygen atoms in total. The maximum atomic E-state index is 12.0. The van der Waals surface area contributed by atoms with Crippen LogP contribution in [0.4, 0.5) is 0 Å². The van der Waals surface area contributed by atoms with Gasteiger partial charge in [-0.2, -0.15) is 0 Å². The van der Waals surface area contributed by atoms with Crippen LogP contribution in [-0.4, -0.2) is 22.5 Å². The molecule has 1 aromatic carbocycles. The van der Waals surface area contributed by atoms with Gasteiger partial charge in [-0.05, 0) is 31.5 Å². The number of benzene rings is 1. The molecule has 24 heavy (non-hydrogen) atoms. The summed E-state index contributed by atoms with van der Waals surface area (Å²) < 4.78 is 11.1. The summed E-state index contributed by atoms with van der Waals surface area (Å²) in [6.45, 7) is 4.02. The van der Waals surface area contributed by atoms with Crippen molar-refractivity contribution in [1.29, 1.82) is 0 Å². The summed E-state index contributed by atoms with van der Waals surface area (Å²) in [5.74, 6) is 0.855. The van der Waals surface area contributed by atoms with Crippen molar-refractivity contribution in [3.63, 3.8) is 0 Å². The van der Waals surface area contributed by atoms with Crippen LogP contribution in [0.5, 0.6) is 5.88 Å². The number of hydrogen-bond donors (Lipinski definition) is 1. The number of hydrogen-bond acceptors (Lipinski definition) is 5. The van der Waals surface area contributed by atoms with Gasteiger partial charge in [0.1, 0.15) is 17.5 Å². The van der Waals surface area contributed by atoms with Crippen molar-refractivity contribution in [3.05, 3.63) is 52.5 Å². The number of aromatic nitrogens is 2. The molecule has 7 heteroatoms. The predicted molar refractivity (Wildman–Crippen MR) is 90.1 cm³/mol. The summed E-state index contributed by atoms with van der Waals surface area (Å²) in [4.78, 5) is 20.1. The molecule has 2 aromatic heterocycles. The van der Waals surface area contributed by atoms with Crippen molar-refractivity contribution in [2.75, 3.05) is 6.61 Å². The van der Waals surface area contributed by atoms with E-state index in [1.165, 1.54) is 6.33 Å². The molecule has 3 aromatic rings. The first-order valence-electron chi connectivity index (χ1n) is 7.39. The fourth-order valence-electron chi connectivity index (χ4n) is 2.25. The molecule has 2 heterocycles. The number of nitrogens with zero attached hydrogens (tertiary/aromatic N) is 2. The summed E-state index contributed by atoms with van der Waals surface area (Å²) in [6.07, 6.45) is 1.35. The van der Waals surface area contributed by atoms with Crippen LogP contribution in [-0.2, 0) is 11.3 Å². The number of carbonyl (C=O) groups excluding carboxylic acids is 1. The lowest BCUT2D eigenvalue weighted by atomic mass is 10.2. The molecule has 0 bridgehead atoms. The Morgan fingerprint density at radius 2 is 2.00 bits per heavy atom. The van der Waals surface area contributed by atoms with Crippen molar-refractivity contribution >= 4 is 28.6 Å². The van der Waals surface area contributed by atoms with Gasteiger partial charge in [0.25, 0.3) is 5.91 Å². The van der Waals surface area contributed by atoms with Crippen molar-refractivity contribution in [3.8, 4) is 5.88 Å². The van der Waals surface area contributed by atoms with Gasteiger partial charge in [-0.3, -0.25) is 4.79 Å². The highest BCUT2D eigenvalue weighted by Gasteiger charge is 2.15. The molecule has 3 rings (SSSR count). The van der Waals surface area contributed by atoms with Crippen LogP contribution in [0, 0.1) is 13.8 Å². The molecule has 0 aliphatic heterocycles. The Bertz CT molecular complexity index is 875. The molecule has 1 amide bonds. The lowest BCUT2D eigenvalue weighted by Crippen LogP contribution is -2.28. The summed E-state index contributed by atoms with van der Waals surface area (Å²) in [7, 11) is 0. The van der Waals surface area contributed by atoms with Gasteiger partial charge in [0.05, 0.1) is 0 Å². The molecule has 0 unspecified atom stereocenters. The van der Waals surface area contributed by atoms with E-state index in [-0.39, 0.29) is 12.5 Å². The lowest BCUT2D eigenvalue weighted by molar-refractivity contribution is -0.123. The van der Waals surface area contributed by atoms with E-state index in [9.17, 15) is 4.79 Å². The van der Waals surface area contributed by atoms with E-state index in [1.807, 2.05) is 26.0 Å². The molecule has 0 radical (unpaired) electrons. The van der Waals surface area contributed by atoms with Gasteiger partial charge in [0.15, 0.2) is 6.61 Å². The second-order valence-corrected chi connectivity index (χ2v) is 5.77.